The zero-order valence-corrected chi connectivity index (χ0v) is 21.2. The van der Waals surface area contributed by atoms with Gasteiger partial charge in [0.1, 0.15) is 0 Å². The number of benzene rings is 2. The quantitative estimate of drug-likeness (QED) is 0.214. The summed E-state index contributed by atoms with van der Waals surface area (Å²) in [6, 6.07) is 17.5. The van der Waals surface area contributed by atoms with E-state index in [-0.39, 0.29) is 24.0 Å². The smallest absolute Gasteiger partial charge is 0.243 e. The summed E-state index contributed by atoms with van der Waals surface area (Å²) in [6.07, 6.45) is 3.94. The zero-order chi connectivity index (χ0) is 21.2. The molecule has 1 aliphatic rings. The van der Waals surface area contributed by atoms with Gasteiger partial charge in [-0.2, -0.15) is 4.31 Å². The molecular formula is C23H33IN4O2S. The maximum Gasteiger partial charge on any atom is 0.243 e. The van der Waals surface area contributed by atoms with E-state index in [0.29, 0.717) is 24.5 Å². The lowest BCUT2D eigenvalue weighted by Gasteiger charge is -2.15. The van der Waals surface area contributed by atoms with Gasteiger partial charge in [0.2, 0.25) is 10.0 Å². The number of hydrogen-bond acceptors (Lipinski definition) is 3. The fourth-order valence-corrected chi connectivity index (χ4v) is 5.02. The lowest BCUT2D eigenvalue weighted by molar-refractivity contribution is 0.477. The summed E-state index contributed by atoms with van der Waals surface area (Å²) in [4.78, 5) is 5.00. The molecule has 0 atom stereocenters. The molecule has 0 spiro atoms. The van der Waals surface area contributed by atoms with Gasteiger partial charge in [0, 0.05) is 26.2 Å². The summed E-state index contributed by atoms with van der Waals surface area (Å²) in [5.74, 6) is 0.777. The Morgan fingerprint density at radius 3 is 2.29 bits per heavy atom. The number of sulfonamides is 1. The first-order chi connectivity index (χ1) is 14.6. The molecule has 1 aliphatic heterocycles. The Morgan fingerprint density at radius 2 is 1.65 bits per heavy atom. The van der Waals surface area contributed by atoms with Crippen LogP contribution >= 0.6 is 24.0 Å². The number of halogens is 1. The molecule has 2 aromatic rings. The van der Waals surface area contributed by atoms with E-state index in [1.165, 1.54) is 5.56 Å². The van der Waals surface area contributed by atoms with Crippen molar-refractivity contribution in [3.05, 3.63) is 65.7 Å². The molecule has 8 heteroatoms. The molecule has 0 aromatic heterocycles. The monoisotopic (exact) mass is 556 g/mol. The Labute approximate surface area is 203 Å². The summed E-state index contributed by atoms with van der Waals surface area (Å²) in [5, 5.41) is 6.63. The second kappa shape index (κ2) is 13.0. The van der Waals surface area contributed by atoms with Crippen LogP contribution in [0.15, 0.2) is 64.5 Å². The summed E-state index contributed by atoms with van der Waals surface area (Å²) in [7, 11) is -3.36. The van der Waals surface area contributed by atoms with Gasteiger partial charge in [0.15, 0.2) is 5.96 Å². The minimum absolute atomic E-state index is 0. The Kier molecular flexibility index (Phi) is 10.8. The molecule has 0 bridgehead atoms. The zero-order valence-electron chi connectivity index (χ0n) is 18.1. The average molecular weight is 557 g/mol. The molecule has 0 amide bonds. The van der Waals surface area contributed by atoms with Gasteiger partial charge < -0.3 is 10.6 Å². The fraction of sp³-hybridized carbons (Fsp3) is 0.435. The molecule has 31 heavy (non-hydrogen) atoms. The Hall–Kier alpha value is -1.65. The second-order valence-electron chi connectivity index (χ2n) is 7.47. The molecule has 6 nitrogen and oxygen atoms in total. The van der Waals surface area contributed by atoms with Crippen LogP contribution in [0, 0.1) is 0 Å². The highest BCUT2D eigenvalue weighted by molar-refractivity contribution is 14.0. The summed E-state index contributed by atoms with van der Waals surface area (Å²) < 4.78 is 26.8. The van der Waals surface area contributed by atoms with E-state index in [1.807, 2.05) is 25.1 Å². The first-order valence-electron chi connectivity index (χ1n) is 10.7. The molecular weight excluding hydrogens is 523 g/mol. The molecule has 1 saturated heterocycles. The molecule has 1 fully saturated rings. The van der Waals surface area contributed by atoms with Crippen LogP contribution in [0.3, 0.4) is 0 Å². The predicted molar refractivity (Wildman–Crippen MR) is 137 cm³/mol. The van der Waals surface area contributed by atoms with E-state index in [0.717, 1.165) is 50.3 Å². The second-order valence-corrected chi connectivity index (χ2v) is 9.40. The number of hydrogen-bond donors (Lipinski definition) is 2. The van der Waals surface area contributed by atoms with Crippen LogP contribution in [0.1, 0.15) is 37.3 Å². The van der Waals surface area contributed by atoms with Crippen LogP contribution in [0.25, 0.3) is 0 Å². The van der Waals surface area contributed by atoms with Crippen molar-refractivity contribution in [2.24, 2.45) is 4.99 Å². The summed E-state index contributed by atoms with van der Waals surface area (Å²) in [6.45, 7) is 5.41. The van der Waals surface area contributed by atoms with Gasteiger partial charge >= 0.3 is 0 Å². The van der Waals surface area contributed by atoms with E-state index < -0.39 is 10.0 Å². The number of guanidine groups is 1. The molecule has 0 saturated carbocycles. The van der Waals surface area contributed by atoms with Crippen molar-refractivity contribution in [1.82, 2.24) is 14.9 Å². The van der Waals surface area contributed by atoms with Gasteiger partial charge in [-0.3, -0.25) is 0 Å². The van der Waals surface area contributed by atoms with Crippen LogP contribution < -0.4 is 10.6 Å². The van der Waals surface area contributed by atoms with E-state index in [9.17, 15) is 8.42 Å². The number of nitrogens with one attached hydrogen (secondary N) is 2. The Bertz CT molecular complexity index is 912. The van der Waals surface area contributed by atoms with Gasteiger partial charge in [-0.05, 0) is 55.9 Å². The number of aryl methyl sites for hydroxylation is 1. The molecule has 0 unspecified atom stereocenters. The standard InChI is InChI=1S/C23H32N4O2S.HI/c1-2-24-23(25-16-8-11-20-9-4-3-5-10-20)26-19-21-12-14-22(15-13-21)30(28,29)27-17-6-7-18-27;/h3-5,9-10,12-15H,2,6-8,11,16-19H2,1H3,(H2,24,25,26);1H. The predicted octanol–water partition coefficient (Wildman–Crippen LogP) is 3.78. The molecule has 3 rings (SSSR count). The van der Waals surface area contributed by atoms with Crippen molar-refractivity contribution in [3.63, 3.8) is 0 Å². The fourth-order valence-electron chi connectivity index (χ4n) is 3.50. The average Bonchev–Trinajstić information content (AvgIpc) is 3.32. The molecule has 2 N–H and O–H groups in total. The molecule has 0 aliphatic carbocycles. The van der Waals surface area contributed by atoms with Crippen molar-refractivity contribution < 1.29 is 8.42 Å². The van der Waals surface area contributed by atoms with Crippen LogP contribution in [-0.4, -0.2) is 44.9 Å². The maximum atomic E-state index is 12.6. The van der Waals surface area contributed by atoms with Gasteiger partial charge in [-0.1, -0.05) is 42.5 Å². The third kappa shape index (κ3) is 7.76. The summed E-state index contributed by atoms with van der Waals surface area (Å²) >= 11 is 0. The van der Waals surface area contributed by atoms with E-state index in [1.54, 1.807) is 16.4 Å². The van der Waals surface area contributed by atoms with Crippen LogP contribution in [0.2, 0.25) is 0 Å². The highest BCUT2D eigenvalue weighted by atomic mass is 127. The molecule has 0 radical (unpaired) electrons. The number of rotatable bonds is 9. The first kappa shape index (κ1) is 25.6. The molecule has 170 valence electrons. The van der Waals surface area contributed by atoms with Gasteiger partial charge in [-0.15, -0.1) is 24.0 Å². The van der Waals surface area contributed by atoms with Crippen LogP contribution in [-0.2, 0) is 23.0 Å². The number of aliphatic imine (C=N–C) groups is 1. The largest absolute Gasteiger partial charge is 0.357 e. The van der Waals surface area contributed by atoms with Gasteiger partial charge in [0.25, 0.3) is 0 Å². The van der Waals surface area contributed by atoms with Crippen molar-refractivity contribution in [2.45, 2.75) is 44.0 Å². The van der Waals surface area contributed by atoms with Crippen LogP contribution in [0.5, 0.6) is 0 Å². The maximum absolute atomic E-state index is 12.6. The topological polar surface area (TPSA) is 73.8 Å². The summed E-state index contributed by atoms with van der Waals surface area (Å²) in [5.41, 5.74) is 2.32. The van der Waals surface area contributed by atoms with E-state index in [2.05, 4.69) is 39.9 Å². The minimum Gasteiger partial charge on any atom is -0.357 e. The minimum atomic E-state index is -3.36. The number of nitrogens with zero attached hydrogens (tertiary/aromatic N) is 2. The Balaban J connectivity index is 0.00000341. The highest BCUT2D eigenvalue weighted by Crippen LogP contribution is 2.21. The normalized spacial score (nSPS) is 14.8. The van der Waals surface area contributed by atoms with Crippen molar-refractivity contribution in [2.75, 3.05) is 26.2 Å². The molecule has 1 heterocycles. The van der Waals surface area contributed by atoms with E-state index >= 15 is 0 Å². The van der Waals surface area contributed by atoms with Crippen molar-refractivity contribution in [3.8, 4) is 0 Å². The van der Waals surface area contributed by atoms with Crippen molar-refractivity contribution in [1.29, 1.82) is 0 Å². The Morgan fingerprint density at radius 1 is 0.968 bits per heavy atom. The molecule has 2 aromatic carbocycles. The SMILES string of the molecule is CCNC(=NCc1ccc(S(=O)(=O)N2CCCC2)cc1)NCCCc1ccccc1.I. The van der Waals surface area contributed by atoms with Crippen LogP contribution in [0.4, 0.5) is 0 Å². The highest BCUT2D eigenvalue weighted by Gasteiger charge is 2.26. The van der Waals surface area contributed by atoms with Gasteiger partial charge in [0.05, 0.1) is 11.4 Å². The van der Waals surface area contributed by atoms with E-state index in [4.69, 9.17) is 0 Å². The lowest BCUT2D eigenvalue weighted by atomic mass is 10.1. The first-order valence-corrected chi connectivity index (χ1v) is 12.2. The third-order valence-corrected chi connectivity index (χ3v) is 7.08. The third-order valence-electron chi connectivity index (χ3n) is 5.17. The van der Waals surface area contributed by atoms with Crippen molar-refractivity contribution >= 4 is 40.0 Å². The lowest BCUT2D eigenvalue weighted by Crippen LogP contribution is -2.37. The van der Waals surface area contributed by atoms with Gasteiger partial charge in [-0.25, -0.2) is 13.4 Å².